The summed E-state index contributed by atoms with van der Waals surface area (Å²) in [6.45, 7) is 0. The topological polar surface area (TPSA) is 0 Å². The third-order valence-electron chi connectivity index (χ3n) is 10.1. The number of rotatable bonds is 3. The molecule has 0 N–H and O–H groups in total. The van der Waals surface area contributed by atoms with Gasteiger partial charge >= 0.3 is 0 Å². The Morgan fingerprint density at radius 1 is 0.467 bits per heavy atom. The standard InChI is InChI=1S/C44H28S/c1-2-9-32-27(7-1)8-5-11-33(32)28-15-17-29(18-16-28)34-23-19-30-22-26-38-35(24-20-31-21-25-37(34)42(30)43(31)38)39-12-6-13-40-36-10-3-4-14-41(36)45-44(39)40/h1-26,42-43H. The van der Waals surface area contributed by atoms with E-state index in [0.29, 0.717) is 11.8 Å². The highest BCUT2D eigenvalue weighted by Crippen LogP contribution is 2.54. The molecule has 1 heteroatoms. The van der Waals surface area contributed by atoms with Crippen molar-refractivity contribution in [2.24, 2.45) is 11.8 Å². The molecule has 45 heavy (non-hydrogen) atoms. The second kappa shape index (κ2) is 9.63. The van der Waals surface area contributed by atoms with Crippen molar-refractivity contribution in [3.8, 4) is 11.1 Å². The first-order valence-corrected chi connectivity index (χ1v) is 16.6. The zero-order chi connectivity index (χ0) is 29.5. The lowest BCUT2D eigenvalue weighted by Crippen LogP contribution is -2.30. The normalized spacial score (nSPS) is 19.8. The Bertz CT molecular complexity index is 2460. The van der Waals surface area contributed by atoms with Crippen molar-refractivity contribution >= 4 is 53.4 Å². The minimum Gasteiger partial charge on any atom is -0.135 e. The molecular formula is C44H28S. The van der Waals surface area contributed by atoms with Gasteiger partial charge in [0.1, 0.15) is 0 Å². The van der Waals surface area contributed by atoms with Gasteiger partial charge in [0.2, 0.25) is 0 Å². The van der Waals surface area contributed by atoms with Crippen LogP contribution in [0.2, 0.25) is 0 Å². The smallest absolute Gasteiger partial charge is 0.0433 e. The highest BCUT2D eigenvalue weighted by Gasteiger charge is 2.40. The number of thiophene rings is 1. The number of allylic oxidation sites excluding steroid dienone is 14. The van der Waals surface area contributed by atoms with Crippen molar-refractivity contribution in [3.05, 3.63) is 191 Å². The van der Waals surface area contributed by atoms with Gasteiger partial charge in [-0.1, -0.05) is 152 Å². The molecule has 0 fully saturated rings. The largest absolute Gasteiger partial charge is 0.135 e. The zero-order valence-corrected chi connectivity index (χ0v) is 25.4. The van der Waals surface area contributed by atoms with Crippen LogP contribution in [0.1, 0.15) is 11.1 Å². The Morgan fingerprint density at radius 3 is 2.09 bits per heavy atom. The van der Waals surface area contributed by atoms with Crippen LogP contribution in [0.4, 0.5) is 0 Å². The molecule has 0 saturated heterocycles. The van der Waals surface area contributed by atoms with Gasteiger partial charge < -0.3 is 0 Å². The van der Waals surface area contributed by atoms with Crippen molar-refractivity contribution in [1.82, 2.24) is 0 Å². The van der Waals surface area contributed by atoms with Crippen LogP contribution >= 0.6 is 11.3 Å². The molecule has 0 bridgehead atoms. The monoisotopic (exact) mass is 588 g/mol. The summed E-state index contributed by atoms with van der Waals surface area (Å²) in [4.78, 5) is 0. The molecule has 2 unspecified atom stereocenters. The summed E-state index contributed by atoms with van der Waals surface area (Å²) in [5.74, 6) is 0.647. The number of benzene rings is 5. The molecule has 0 spiro atoms. The average molecular weight is 589 g/mol. The molecule has 2 atom stereocenters. The van der Waals surface area contributed by atoms with E-state index in [0.717, 1.165) is 0 Å². The molecule has 0 nitrogen and oxygen atoms in total. The van der Waals surface area contributed by atoms with Gasteiger partial charge in [0.05, 0.1) is 0 Å². The Kier molecular flexibility index (Phi) is 5.38. The molecule has 0 amide bonds. The van der Waals surface area contributed by atoms with Gasteiger partial charge in [-0.15, -0.1) is 11.3 Å². The summed E-state index contributed by atoms with van der Waals surface area (Å²) in [7, 11) is 0. The SMILES string of the molecule is C1=CC2=C(c3ccc(-c4cccc5ccccc45)cc3)C=CC3=CC=C4C(c5cccc6c5sc5ccccc56)=CC=C1C4C32. The highest BCUT2D eigenvalue weighted by molar-refractivity contribution is 7.26. The minimum atomic E-state index is 0.323. The maximum absolute atomic E-state index is 2.40. The van der Waals surface area contributed by atoms with E-state index in [2.05, 4.69) is 158 Å². The van der Waals surface area contributed by atoms with Crippen LogP contribution < -0.4 is 0 Å². The van der Waals surface area contributed by atoms with Crippen LogP contribution in [0, 0.1) is 11.8 Å². The molecule has 6 aromatic rings. The summed E-state index contributed by atoms with van der Waals surface area (Å²) in [5, 5.41) is 5.28. The minimum absolute atomic E-state index is 0.323. The Balaban J connectivity index is 1.06. The van der Waals surface area contributed by atoms with Gasteiger partial charge in [-0.25, -0.2) is 0 Å². The van der Waals surface area contributed by atoms with Crippen LogP contribution in [0.5, 0.6) is 0 Å². The summed E-state index contributed by atoms with van der Waals surface area (Å²) in [6, 6.07) is 40.1. The van der Waals surface area contributed by atoms with E-state index in [1.165, 1.54) is 86.6 Å². The van der Waals surface area contributed by atoms with E-state index in [1.54, 1.807) is 0 Å². The first-order chi connectivity index (χ1) is 22.3. The molecule has 10 rings (SSSR count). The van der Waals surface area contributed by atoms with E-state index in [1.807, 2.05) is 11.3 Å². The van der Waals surface area contributed by atoms with E-state index in [-0.39, 0.29) is 0 Å². The van der Waals surface area contributed by atoms with Gasteiger partial charge in [0.25, 0.3) is 0 Å². The Labute approximate surface area is 266 Å². The molecule has 1 aromatic heterocycles. The third-order valence-corrected chi connectivity index (χ3v) is 11.4. The summed E-state index contributed by atoms with van der Waals surface area (Å²) >= 11 is 1.92. The fourth-order valence-electron chi connectivity index (χ4n) is 8.05. The molecule has 0 saturated carbocycles. The third kappa shape index (κ3) is 3.71. The molecular weight excluding hydrogens is 561 g/mol. The average Bonchev–Trinajstić information content (AvgIpc) is 3.49. The van der Waals surface area contributed by atoms with Crippen molar-refractivity contribution in [2.75, 3.05) is 0 Å². The first-order valence-electron chi connectivity index (χ1n) is 15.8. The predicted octanol–water partition coefficient (Wildman–Crippen LogP) is 11.9. The molecule has 4 aliphatic rings. The quantitative estimate of drug-likeness (QED) is 0.193. The van der Waals surface area contributed by atoms with Crippen LogP contribution in [-0.2, 0) is 0 Å². The van der Waals surface area contributed by atoms with E-state index < -0.39 is 0 Å². The Morgan fingerprint density at radius 2 is 1.16 bits per heavy atom. The molecule has 0 radical (unpaired) electrons. The Hall–Kier alpha value is -5.24. The van der Waals surface area contributed by atoms with Crippen molar-refractivity contribution in [2.45, 2.75) is 0 Å². The van der Waals surface area contributed by atoms with Crippen LogP contribution in [0.15, 0.2) is 180 Å². The maximum atomic E-state index is 2.40. The van der Waals surface area contributed by atoms with Crippen LogP contribution in [-0.4, -0.2) is 0 Å². The fraction of sp³-hybridized carbons (Fsp3) is 0.0455. The van der Waals surface area contributed by atoms with E-state index in [9.17, 15) is 0 Å². The van der Waals surface area contributed by atoms with Gasteiger partial charge in [0, 0.05) is 32.0 Å². The lowest BCUT2D eigenvalue weighted by Gasteiger charge is -2.42. The molecule has 5 aromatic carbocycles. The van der Waals surface area contributed by atoms with E-state index in [4.69, 9.17) is 0 Å². The number of fused-ring (bicyclic) bond motifs is 4. The fourth-order valence-corrected chi connectivity index (χ4v) is 9.28. The maximum Gasteiger partial charge on any atom is 0.0433 e. The molecule has 4 aliphatic carbocycles. The van der Waals surface area contributed by atoms with Gasteiger partial charge in [0.15, 0.2) is 0 Å². The summed E-state index contributed by atoms with van der Waals surface area (Å²) in [5.41, 5.74) is 13.5. The van der Waals surface area contributed by atoms with Crippen LogP contribution in [0.25, 0.3) is 53.2 Å². The van der Waals surface area contributed by atoms with Gasteiger partial charge in [-0.05, 0) is 72.5 Å². The lowest BCUT2D eigenvalue weighted by molar-refractivity contribution is 0.569. The first kappa shape index (κ1) is 25.1. The van der Waals surface area contributed by atoms with Gasteiger partial charge in [-0.2, -0.15) is 0 Å². The lowest BCUT2D eigenvalue weighted by atomic mass is 9.61. The second-order valence-corrected chi connectivity index (χ2v) is 13.5. The second-order valence-electron chi connectivity index (χ2n) is 12.4. The molecule has 1 heterocycles. The van der Waals surface area contributed by atoms with Gasteiger partial charge in [-0.3, -0.25) is 0 Å². The zero-order valence-electron chi connectivity index (χ0n) is 24.6. The number of hydrogen-bond acceptors (Lipinski definition) is 1. The number of hydrogen-bond donors (Lipinski definition) is 0. The van der Waals surface area contributed by atoms with Crippen molar-refractivity contribution in [3.63, 3.8) is 0 Å². The summed E-state index contributed by atoms with van der Waals surface area (Å²) in [6.07, 6.45) is 18.9. The summed E-state index contributed by atoms with van der Waals surface area (Å²) < 4.78 is 2.74. The van der Waals surface area contributed by atoms with Crippen LogP contribution in [0.3, 0.4) is 0 Å². The molecule has 0 aliphatic heterocycles. The van der Waals surface area contributed by atoms with Crippen molar-refractivity contribution < 1.29 is 0 Å². The predicted molar refractivity (Wildman–Crippen MR) is 193 cm³/mol. The van der Waals surface area contributed by atoms with E-state index >= 15 is 0 Å². The molecule has 210 valence electrons. The highest BCUT2D eigenvalue weighted by atomic mass is 32.1. The van der Waals surface area contributed by atoms with Crippen molar-refractivity contribution in [1.29, 1.82) is 0 Å².